The van der Waals surface area contributed by atoms with Crippen molar-refractivity contribution in [2.24, 2.45) is 0 Å². The van der Waals surface area contributed by atoms with Crippen molar-refractivity contribution in [2.45, 2.75) is 0 Å². The van der Waals surface area contributed by atoms with E-state index in [-0.39, 0.29) is 17.4 Å². The van der Waals surface area contributed by atoms with Crippen molar-refractivity contribution in [3.63, 3.8) is 0 Å². The summed E-state index contributed by atoms with van der Waals surface area (Å²) in [5.41, 5.74) is -1.53. The molecule has 86 valence electrons. The topological polar surface area (TPSA) is 101 Å². The average molecular weight is 253 g/mol. The van der Waals surface area contributed by atoms with Crippen molar-refractivity contribution in [1.82, 2.24) is 0 Å². The molecule has 0 spiro atoms. The molecule has 0 amide bonds. The highest BCUT2D eigenvalue weighted by molar-refractivity contribution is 6.31. The first-order valence-electron chi connectivity index (χ1n) is 4.32. The van der Waals surface area contributed by atoms with Gasteiger partial charge < -0.3 is 0 Å². The van der Waals surface area contributed by atoms with E-state index < -0.39 is 27.8 Å². The molecule has 0 fully saturated rings. The Morgan fingerprint density at radius 2 is 2.24 bits per heavy atom. The Balaban J connectivity index is 3.71. The largest absolute Gasteiger partial charge is 0.298 e. The van der Waals surface area contributed by atoms with Crippen molar-refractivity contribution < 1.29 is 14.5 Å². The molecule has 0 radical (unpaired) electrons. The maximum absolute atomic E-state index is 11.5. The molecule has 0 bridgehead atoms. The SMILES string of the molecule is N#Cc1ccc(C=O)c([N+](=O)[O-])c1C(=O)CCl. The molecule has 6 nitrogen and oxygen atoms in total. The number of Topliss-reactive ketones (excluding diaryl/α,β-unsaturated/α-hetero) is 1. The number of rotatable bonds is 4. The lowest BCUT2D eigenvalue weighted by atomic mass is 9.99. The van der Waals surface area contributed by atoms with E-state index in [1.807, 2.05) is 0 Å². The van der Waals surface area contributed by atoms with E-state index in [1.165, 1.54) is 6.07 Å². The highest BCUT2D eigenvalue weighted by atomic mass is 35.5. The fraction of sp³-hybridized carbons (Fsp3) is 0.100. The van der Waals surface area contributed by atoms with Crippen LogP contribution in [0.15, 0.2) is 12.1 Å². The molecule has 0 saturated carbocycles. The van der Waals surface area contributed by atoms with Gasteiger partial charge in [0.25, 0.3) is 5.69 Å². The molecule has 0 aliphatic carbocycles. The maximum Gasteiger partial charge on any atom is 0.292 e. The molecule has 1 aromatic rings. The van der Waals surface area contributed by atoms with Gasteiger partial charge in [-0.05, 0) is 12.1 Å². The Morgan fingerprint density at radius 1 is 1.59 bits per heavy atom. The minimum absolute atomic E-state index is 0.173. The fourth-order valence-electron chi connectivity index (χ4n) is 1.34. The van der Waals surface area contributed by atoms with Crippen LogP contribution in [0.4, 0.5) is 5.69 Å². The molecule has 0 aliphatic rings. The number of nitriles is 1. The van der Waals surface area contributed by atoms with Crippen LogP contribution in [-0.2, 0) is 0 Å². The van der Waals surface area contributed by atoms with Crippen molar-refractivity contribution in [3.05, 3.63) is 38.9 Å². The molecular weight excluding hydrogens is 248 g/mol. The molecule has 17 heavy (non-hydrogen) atoms. The van der Waals surface area contributed by atoms with Crippen LogP contribution in [0.25, 0.3) is 0 Å². The Hall–Kier alpha value is -2.26. The first-order chi connectivity index (χ1) is 8.06. The van der Waals surface area contributed by atoms with Gasteiger partial charge in [0, 0.05) is 0 Å². The number of hydrogen-bond donors (Lipinski definition) is 0. The third-order valence-electron chi connectivity index (χ3n) is 2.04. The predicted molar refractivity (Wildman–Crippen MR) is 58.2 cm³/mol. The number of aldehydes is 1. The summed E-state index contributed by atoms with van der Waals surface area (Å²) in [6, 6.07) is 3.95. The van der Waals surface area contributed by atoms with Gasteiger partial charge in [-0.25, -0.2) is 0 Å². The molecule has 0 saturated heterocycles. The summed E-state index contributed by atoms with van der Waals surface area (Å²) in [5, 5.41) is 19.6. The van der Waals surface area contributed by atoms with E-state index in [9.17, 15) is 19.7 Å². The number of carbonyl (C=O) groups is 2. The van der Waals surface area contributed by atoms with Gasteiger partial charge in [0.1, 0.15) is 11.6 Å². The first kappa shape index (κ1) is 12.8. The number of carbonyl (C=O) groups excluding carboxylic acids is 2. The Labute approximate surface area is 101 Å². The van der Waals surface area contributed by atoms with E-state index >= 15 is 0 Å². The van der Waals surface area contributed by atoms with E-state index in [2.05, 4.69) is 0 Å². The van der Waals surface area contributed by atoms with E-state index in [0.717, 1.165) is 6.07 Å². The number of halogens is 1. The minimum atomic E-state index is -0.871. The number of hydrogen-bond acceptors (Lipinski definition) is 5. The third-order valence-corrected chi connectivity index (χ3v) is 2.28. The van der Waals surface area contributed by atoms with Crippen LogP contribution in [0.5, 0.6) is 0 Å². The summed E-state index contributed by atoms with van der Waals surface area (Å²) in [6.45, 7) is 0. The molecular formula is C10H5ClN2O4. The highest BCUT2D eigenvalue weighted by Crippen LogP contribution is 2.26. The zero-order valence-corrected chi connectivity index (χ0v) is 9.10. The summed E-state index contributed by atoms with van der Waals surface area (Å²) in [4.78, 5) is 32.1. The minimum Gasteiger partial charge on any atom is -0.298 e. The Morgan fingerprint density at radius 3 is 2.65 bits per heavy atom. The van der Waals surface area contributed by atoms with E-state index in [0.29, 0.717) is 0 Å². The fourth-order valence-corrected chi connectivity index (χ4v) is 1.47. The quantitative estimate of drug-likeness (QED) is 0.267. The van der Waals surface area contributed by atoms with E-state index in [1.54, 1.807) is 6.07 Å². The van der Waals surface area contributed by atoms with E-state index in [4.69, 9.17) is 16.9 Å². The number of nitro benzene ring substituents is 1. The Bertz CT molecular complexity index is 548. The molecule has 0 N–H and O–H groups in total. The number of alkyl halides is 1. The predicted octanol–water partition coefficient (Wildman–Crippen LogP) is 1.70. The van der Waals surface area contributed by atoms with Gasteiger partial charge in [0.15, 0.2) is 12.1 Å². The number of ketones is 1. The van der Waals surface area contributed by atoms with Gasteiger partial charge in [-0.15, -0.1) is 11.6 Å². The molecule has 7 heteroatoms. The van der Waals surface area contributed by atoms with Gasteiger partial charge in [0.2, 0.25) is 0 Å². The van der Waals surface area contributed by atoms with Crippen LogP contribution in [0, 0.1) is 21.4 Å². The lowest BCUT2D eigenvalue weighted by molar-refractivity contribution is -0.385. The van der Waals surface area contributed by atoms with Crippen molar-refractivity contribution in [2.75, 3.05) is 5.88 Å². The second kappa shape index (κ2) is 5.18. The lowest BCUT2D eigenvalue weighted by Gasteiger charge is -2.04. The summed E-state index contributed by atoms with van der Waals surface area (Å²) >= 11 is 5.32. The first-order valence-corrected chi connectivity index (χ1v) is 4.86. The average Bonchev–Trinajstić information content (AvgIpc) is 2.35. The lowest BCUT2D eigenvalue weighted by Crippen LogP contribution is -2.10. The standard InChI is InChI=1S/C10H5ClN2O4/c11-3-8(15)9-6(4-12)1-2-7(5-14)10(9)13(16)17/h1-2,5H,3H2. The normalized spacial score (nSPS) is 9.41. The van der Waals surface area contributed by atoms with Crippen LogP contribution < -0.4 is 0 Å². The number of benzene rings is 1. The summed E-state index contributed by atoms with van der Waals surface area (Å²) in [5.74, 6) is -1.27. The third kappa shape index (κ3) is 2.29. The molecule has 1 aromatic carbocycles. The molecule has 0 atom stereocenters. The van der Waals surface area contributed by atoms with Crippen molar-refractivity contribution in [3.8, 4) is 6.07 Å². The van der Waals surface area contributed by atoms with Crippen LogP contribution in [0.1, 0.15) is 26.3 Å². The molecule has 0 heterocycles. The van der Waals surface area contributed by atoms with Gasteiger partial charge in [-0.1, -0.05) is 0 Å². The van der Waals surface area contributed by atoms with Crippen LogP contribution in [0.2, 0.25) is 0 Å². The van der Waals surface area contributed by atoms with Crippen molar-refractivity contribution >= 4 is 29.4 Å². The second-order valence-electron chi connectivity index (χ2n) is 2.97. The number of nitro groups is 1. The molecule has 0 aliphatic heterocycles. The summed E-state index contributed by atoms with van der Waals surface area (Å²) < 4.78 is 0. The maximum atomic E-state index is 11.5. The van der Waals surface area contributed by atoms with Gasteiger partial charge >= 0.3 is 0 Å². The van der Waals surface area contributed by atoms with Gasteiger partial charge in [0.05, 0.1) is 21.9 Å². The van der Waals surface area contributed by atoms with Crippen LogP contribution in [0.3, 0.4) is 0 Å². The van der Waals surface area contributed by atoms with Crippen molar-refractivity contribution in [1.29, 1.82) is 5.26 Å². The highest BCUT2D eigenvalue weighted by Gasteiger charge is 2.27. The second-order valence-corrected chi connectivity index (χ2v) is 3.24. The van der Waals surface area contributed by atoms with Gasteiger partial charge in [-0.2, -0.15) is 5.26 Å². The zero-order chi connectivity index (χ0) is 13.0. The van der Waals surface area contributed by atoms with Crippen LogP contribution in [-0.4, -0.2) is 22.9 Å². The molecule has 0 unspecified atom stereocenters. The molecule has 1 rings (SSSR count). The monoisotopic (exact) mass is 252 g/mol. The number of nitrogens with zero attached hydrogens (tertiary/aromatic N) is 2. The summed E-state index contributed by atoms with van der Waals surface area (Å²) in [7, 11) is 0. The summed E-state index contributed by atoms with van der Waals surface area (Å²) in [6.07, 6.45) is 0.254. The Kier molecular flexibility index (Phi) is 3.91. The van der Waals surface area contributed by atoms with Crippen LogP contribution >= 0.6 is 11.6 Å². The molecule has 0 aromatic heterocycles. The smallest absolute Gasteiger partial charge is 0.292 e. The van der Waals surface area contributed by atoms with Gasteiger partial charge in [-0.3, -0.25) is 19.7 Å². The zero-order valence-electron chi connectivity index (χ0n) is 8.34.